The van der Waals surface area contributed by atoms with E-state index in [0.29, 0.717) is 12.4 Å². The van der Waals surface area contributed by atoms with Crippen molar-refractivity contribution in [3.63, 3.8) is 0 Å². The van der Waals surface area contributed by atoms with Crippen molar-refractivity contribution in [3.8, 4) is 0 Å². The molecule has 0 bridgehead atoms. The standard InChI is InChI=1S/C18H29NO2.C2H4O2/c1-7-9-11-15(8-2)16-12-10-13-19(14(16)3)17(20)21-18(4,5)6;1-4-2-3/h7-9,11,14,16H,1,10,12-13H2,2-6H3;2H,1H3/b11-9-,15-8+;. The van der Waals surface area contributed by atoms with Crippen LogP contribution in [0.3, 0.4) is 0 Å². The van der Waals surface area contributed by atoms with E-state index < -0.39 is 5.60 Å². The Balaban J connectivity index is 0.00000129. The number of allylic oxidation sites excluding steroid dienone is 4. The van der Waals surface area contributed by atoms with Crippen molar-refractivity contribution in [1.82, 2.24) is 4.90 Å². The first-order valence-electron chi connectivity index (χ1n) is 8.63. The minimum Gasteiger partial charge on any atom is -0.471 e. The first-order valence-corrected chi connectivity index (χ1v) is 8.63. The second-order valence-corrected chi connectivity index (χ2v) is 6.88. The largest absolute Gasteiger partial charge is 0.471 e. The van der Waals surface area contributed by atoms with Crippen LogP contribution in [0.5, 0.6) is 0 Å². The normalized spacial score (nSPS) is 21.2. The van der Waals surface area contributed by atoms with Gasteiger partial charge in [0.25, 0.3) is 6.47 Å². The lowest BCUT2D eigenvalue weighted by Crippen LogP contribution is -2.49. The van der Waals surface area contributed by atoms with Gasteiger partial charge in [-0.05, 0) is 53.0 Å². The molecule has 0 spiro atoms. The summed E-state index contributed by atoms with van der Waals surface area (Å²) in [6, 6.07) is 0.147. The van der Waals surface area contributed by atoms with Crippen molar-refractivity contribution in [2.75, 3.05) is 13.7 Å². The molecule has 0 aromatic carbocycles. The van der Waals surface area contributed by atoms with Crippen LogP contribution in [0.15, 0.2) is 36.5 Å². The van der Waals surface area contributed by atoms with Crippen LogP contribution in [-0.2, 0) is 14.3 Å². The van der Waals surface area contributed by atoms with Gasteiger partial charge in [-0.2, -0.15) is 0 Å². The van der Waals surface area contributed by atoms with E-state index in [9.17, 15) is 4.79 Å². The highest BCUT2D eigenvalue weighted by molar-refractivity contribution is 5.68. The Bertz CT molecular complexity index is 488. The Hall–Kier alpha value is -2.04. The number of amides is 1. The maximum atomic E-state index is 12.3. The quantitative estimate of drug-likeness (QED) is 0.553. The number of carbonyl (C=O) groups is 2. The van der Waals surface area contributed by atoms with Gasteiger partial charge in [0.2, 0.25) is 0 Å². The molecule has 0 aromatic rings. The average molecular weight is 351 g/mol. The minimum atomic E-state index is -0.448. The van der Waals surface area contributed by atoms with E-state index in [0.717, 1.165) is 19.4 Å². The highest BCUT2D eigenvalue weighted by atomic mass is 16.6. The van der Waals surface area contributed by atoms with E-state index in [1.165, 1.54) is 12.7 Å². The van der Waals surface area contributed by atoms with Gasteiger partial charge in [0.1, 0.15) is 5.60 Å². The highest BCUT2D eigenvalue weighted by Gasteiger charge is 2.34. The molecule has 1 heterocycles. The molecule has 1 saturated heterocycles. The second-order valence-electron chi connectivity index (χ2n) is 6.88. The summed E-state index contributed by atoms with van der Waals surface area (Å²) >= 11 is 0. The third-order valence-electron chi connectivity index (χ3n) is 3.90. The number of nitrogens with zero attached hydrogens (tertiary/aromatic N) is 1. The molecule has 0 aliphatic carbocycles. The molecular formula is C20H33NO4. The van der Waals surface area contributed by atoms with Crippen molar-refractivity contribution in [2.24, 2.45) is 5.92 Å². The number of hydrogen-bond acceptors (Lipinski definition) is 4. The zero-order valence-electron chi connectivity index (χ0n) is 16.5. The van der Waals surface area contributed by atoms with E-state index in [2.05, 4.69) is 30.4 Å². The van der Waals surface area contributed by atoms with Crippen LogP contribution in [0.1, 0.15) is 47.5 Å². The molecule has 2 unspecified atom stereocenters. The monoisotopic (exact) mass is 351 g/mol. The van der Waals surface area contributed by atoms with E-state index >= 15 is 0 Å². The predicted octanol–water partition coefficient (Wildman–Crippen LogP) is 4.50. The molecule has 0 N–H and O–H groups in total. The Labute approximate surface area is 152 Å². The van der Waals surface area contributed by atoms with Gasteiger partial charge in [0.15, 0.2) is 0 Å². The summed E-state index contributed by atoms with van der Waals surface area (Å²) in [5.41, 5.74) is 0.811. The molecule has 1 aliphatic heterocycles. The summed E-state index contributed by atoms with van der Waals surface area (Å²) in [6.07, 6.45) is 9.85. The molecule has 5 nitrogen and oxygen atoms in total. The number of ether oxygens (including phenoxy) is 2. The minimum absolute atomic E-state index is 0.147. The van der Waals surface area contributed by atoms with E-state index in [-0.39, 0.29) is 12.1 Å². The Morgan fingerprint density at radius 2 is 1.92 bits per heavy atom. The number of likely N-dealkylation sites (tertiary alicyclic amines) is 1. The Morgan fingerprint density at radius 3 is 2.36 bits per heavy atom. The van der Waals surface area contributed by atoms with E-state index in [4.69, 9.17) is 9.53 Å². The molecule has 0 saturated carbocycles. The van der Waals surface area contributed by atoms with Gasteiger partial charge in [-0.3, -0.25) is 4.79 Å². The fourth-order valence-corrected chi connectivity index (χ4v) is 2.78. The van der Waals surface area contributed by atoms with Crippen molar-refractivity contribution in [2.45, 2.75) is 59.1 Å². The predicted molar refractivity (Wildman–Crippen MR) is 101 cm³/mol. The summed E-state index contributed by atoms with van der Waals surface area (Å²) in [5, 5.41) is 0. The molecule has 142 valence electrons. The van der Waals surface area contributed by atoms with Crippen molar-refractivity contribution >= 4 is 12.6 Å². The molecule has 1 aliphatic rings. The van der Waals surface area contributed by atoms with Crippen LogP contribution < -0.4 is 0 Å². The van der Waals surface area contributed by atoms with Crippen LogP contribution >= 0.6 is 0 Å². The number of carbonyl (C=O) groups excluding carboxylic acids is 2. The second kappa shape index (κ2) is 11.5. The molecular weight excluding hydrogens is 318 g/mol. The smallest absolute Gasteiger partial charge is 0.410 e. The molecule has 5 heteroatoms. The highest BCUT2D eigenvalue weighted by Crippen LogP contribution is 2.31. The van der Waals surface area contributed by atoms with Crippen LogP contribution in [-0.4, -0.2) is 42.8 Å². The summed E-state index contributed by atoms with van der Waals surface area (Å²) in [6.45, 7) is 14.7. The van der Waals surface area contributed by atoms with Gasteiger partial charge in [-0.1, -0.05) is 30.9 Å². The summed E-state index contributed by atoms with van der Waals surface area (Å²) in [4.78, 5) is 23.2. The average Bonchev–Trinajstić information content (AvgIpc) is 2.55. The van der Waals surface area contributed by atoms with Gasteiger partial charge >= 0.3 is 6.09 Å². The van der Waals surface area contributed by atoms with Crippen LogP contribution in [0.2, 0.25) is 0 Å². The number of methoxy groups -OCH3 is 1. The van der Waals surface area contributed by atoms with Gasteiger partial charge in [0.05, 0.1) is 7.11 Å². The lowest BCUT2D eigenvalue weighted by molar-refractivity contribution is -0.126. The Kier molecular flexibility index (Phi) is 10.6. The molecule has 25 heavy (non-hydrogen) atoms. The van der Waals surface area contributed by atoms with Crippen molar-refractivity contribution in [1.29, 1.82) is 0 Å². The van der Waals surface area contributed by atoms with E-state index in [1.807, 2.05) is 38.7 Å². The third-order valence-corrected chi connectivity index (χ3v) is 3.90. The van der Waals surface area contributed by atoms with Crippen LogP contribution in [0, 0.1) is 5.92 Å². The number of hydrogen-bond donors (Lipinski definition) is 0. The molecule has 1 rings (SSSR count). The van der Waals surface area contributed by atoms with Crippen LogP contribution in [0.4, 0.5) is 4.79 Å². The summed E-state index contributed by atoms with van der Waals surface area (Å²) in [5.74, 6) is 0.354. The summed E-state index contributed by atoms with van der Waals surface area (Å²) < 4.78 is 9.38. The van der Waals surface area contributed by atoms with E-state index in [1.54, 1.807) is 6.08 Å². The molecule has 1 fully saturated rings. The first kappa shape index (κ1) is 23.0. The van der Waals surface area contributed by atoms with Gasteiger partial charge < -0.3 is 14.4 Å². The molecule has 2 atom stereocenters. The Morgan fingerprint density at radius 1 is 1.32 bits per heavy atom. The molecule has 0 radical (unpaired) electrons. The fourth-order valence-electron chi connectivity index (χ4n) is 2.78. The molecule has 1 amide bonds. The lowest BCUT2D eigenvalue weighted by atomic mass is 9.83. The van der Waals surface area contributed by atoms with Gasteiger partial charge in [-0.25, -0.2) is 4.79 Å². The van der Waals surface area contributed by atoms with Crippen LogP contribution in [0.25, 0.3) is 0 Å². The molecule has 0 aromatic heterocycles. The zero-order chi connectivity index (χ0) is 19.5. The van der Waals surface area contributed by atoms with Crippen molar-refractivity contribution < 1.29 is 19.1 Å². The maximum absolute atomic E-state index is 12.3. The lowest BCUT2D eigenvalue weighted by Gasteiger charge is -2.40. The zero-order valence-corrected chi connectivity index (χ0v) is 16.5. The number of piperidine rings is 1. The SMILES string of the molecule is C=C/C=C\C(=C/C)C1CCCN(C(=O)OC(C)(C)C)C1C.COC=O. The number of rotatable bonds is 4. The topological polar surface area (TPSA) is 55.8 Å². The fraction of sp³-hybridized carbons (Fsp3) is 0.600. The van der Waals surface area contributed by atoms with Crippen molar-refractivity contribution in [3.05, 3.63) is 36.5 Å². The van der Waals surface area contributed by atoms with Gasteiger partial charge in [0, 0.05) is 18.5 Å². The van der Waals surface area contributed by atoms with Gasteiger partial charge in [-0.15, -0.1) is 0 Å². The third kappa shape index (κ3) is 8.57. The first-order chi connectivity index (χ1) is 11.7. The summed E-state index contributed by atoms with van der Waals surface area (Å²) in [7, 11) is 1.31. The maximum Gasteiger partial charge on any atom is 0.410 e.